The van der Waals surface area contributed by atoms with E-state index in [1.807, 2.05) is 6.07 Å². The van der Waals surface area contributed by atoms with Gasteiger partial charge in [-0.1, -0.05) is 0 Å². The van der Waals surface area contributed by atoms with Crippen LogP contribution in [-0.2, 0) is 19.0 Å². The summed E-state index contributed by atoms with van der Waals surface area (Å²) in [5.41, 5.74) is 0. The molecule has 7 heteroatoms. The van der Waals surface area contributed by atoms with Crippen molar-refractivity contribution in [2.75, 3.05) is 0 Å². The summed E-state index contributed by atoms with van der Waals surface area (Å²) in [7, 11) is -3.62. The average molecular weight is 233 g/mol. The smallest absolute Gasteiger partial charge is 0.274 e. The lowest BCUT2D eigenvalue weighted by molar-refractivity contribution is 0.0804. The van der Waals surface area contributed by atoms with Crippen LogP contribution in [0.15, 0.2) is 0 Å². The Balaban J connectivity index is 2.15. The lowest BCUT2D eigenvalue weighted by atomic mass is 9.88. The van der Waals surface area contributed by atoms with Gasteiger partial charge in [0.05, 0.1) is 23.3 Å². The van der Waals surface area contributed by atoms with E-state index in [4.69, 9.17) is 14.2 Å². The fraction of sp³-hybridized carbons (Fsp3) is 0.857. The fourth-order valence-electron chi connectivity index (χ4n) is 2.49. The molecule has 0 N–H and O–H groups in total. The third-order valence-corrected chi connectivity index (χ3v) is 5.38. The molecule has 14 heavy (non-hydrogen) atoms. The van der Waals surface area contributed by atoms with Gasteiger partial charge >= 0.3 is 0 Å². The van der Waals surface area contributed by atoms with E-state index in [1.54, 1.807) is 0 Å². The minimum absolute atomic E-state index is 0.307. The zero-order valence-corrected chi connectivity index (χ0v) is 8.61. The van der Waals surface area contributed by atoms with E-state index in [9.17, 15) is 8.42 Å². The van der Waals surface area contributed by atoms with Crippen molar-refractivity contribution in [3.63, 3.8) is 0 Å². The number of hydrogen-bond acceptors (Lipinski definition) is 6. The molecule has 0 radical (unpaired) electrons. The lowest BCUT2D eigenvalue weighted by Crippen LogP contribution is -2.41. The largest absolute Gasteiger partial charge is 0.368 e. The summed E-state index contributed by atoms with van der Waals surface area (Å²) < 4.78 is 33.3. The Morgan fingerprint density at radius 2 is 2.00 bits per heavy atom. The Hall–Kier alpha value is -0.290. The van der Waals surface area contributed by atoms with Gasteiger partial charge in [0.15, 0.2) is 0 Å². The molecule has 3 aliphatic rings. The molecule has 0 amide bonds. The predicted molar refractivity (Wildman–Crippen MR) is 48.1 cm³/mol. The molecule has 3 fully saturated rings. The van der Waals surface area contributed by atoms with Crippen LogP contribution in [0.2, 0.25) is 0 Å². The van der Waals surface area contributed by atoms with Crippen LogP contribution in [0, 0.1) is 17.2 Å². The van der Waals surface area contributed by atoms with Crippen molar-refractivity contribution in [3.05, 3.63) is 0 Å². The van der Waals surface area contributed by atoms with Crippen LogP contribution in [-0.4, -0.2) is 37.2 Å². The summed E-state index contributed by atoms with van der Waals surface area (Å²) in [6.45, 7) is 0. The Morgan fingerprint density at radius 3 is 2.64 bits per heavy atom. The number of nitriles is 1. The first kappa shape index (κ1) is 8.97. The number of nitrogens with zero attached hydrogens (tertiary/aromatic N) is 1. The second-order valence-electron chi connectivity index (χ2n) is 3.73. The maximum Gasteiger partial charge on any atom is 0.274 e. The highest BCUT2D eigenvalue weighted by atomic mass is 32.2. The third-order valence-electron chi connectivity index (χ3n) is 3.07. The highest BCUT2D eigenvalue weighted by Gasteiger charge is 2.69. The highest BCUT2D eigenvalue weighted by molar-refractivity contribution is 7.88. The van der Waals surface area contributed by atoms with E-state index in [2.05, 4.69) is 12.6 Å². The summed E-state index contributed by atoms with van der Waals surface area (Å²) in [6, 6.07) is 1.98. The molecule has 3 aliphatic heterocycles. The van der Waals surface area contributed by atoms with Gasteiger partial charge in [-0.2, -0.15) is 26.3 Å². The first-order chi connectivity index (χ1) is 6.56. The standard InChI is InChI=1S/C7H7NO4S2/c8-1-2-3-6(13)4-5(11-3)7(2)14(9,10)12-4/h2-7,13H. The van der Waals surface area contributed by atoms with Crippen molar-refractivity contribution in [1.29, 1.82) is 5.26 Å². The summed E-state index contributed by atoms with van der Waals surface area (Å²) in [5, 5.41) is 7.77. The Labute approximate surface area is 86.5 Å². The van der Waals surface area contributed by atoms with Gasteiger partial charge in [0.2, 0.25) is 0 Å². The fourth-order valence-corrected chi connectivity index (χ4v) is 4.85. The molecule has 0 aliphatic carbocycles. The minimum Gasteiger partial charge on any atom is -0.368 e. The van der Waals surface area contributed by atoms with Crippen LogP contribution in [0.3, 0.4) is 0 Å². The number of rotatable bonds is 0. The number of ether oxygens (including phenoxy) is 1. The molecule has 0 aromatic heterocycles. The summed E-state index contributed by atoms with van der Waals surface area (Å²) >= 11 is 4.23. The van der Waals surface area contributed by atoms with Gasteiger partial charge in [0.25, 0.3) is 10.1 Å². The van der Waals surface area contributed by atoms with Crippen molar-refractivity contribution < 1.29 is 17.3 Å². The summed E-state index contributed by atoms with van der Waals surface area (Å²) in [6.07, 6.45) is -1.39. The SMILES string of the molecule is N#CC1C2OC3C(OS(=O)(=O)C13)C2S. The van der Waals surface area contributed by atoms with Crippen molar-refractivity contribution in [2.24, 2.45) is 5.92 Å². The van der Waals surface area contributed by atoms with E-state index in [1.165, 1.54) is 0 Å². The zero-order valence-electron chi connectivity index (χ0n) is 6.90. The normalized spacial score (nSPS) is 57.4. The Morgan fingerprint density at radius 1 is 1.29 bits per heavy atom. The molecule has 3 rings (SSSR count). The first-order valence-electron chi connectivity index (χ1n) is 4.21. The summed E-state index contributed by atoms with van der Waals surface area (Å²) in [4.78, 5) is 0. The molecule has 0 aromatic carbocycles. The molecule has 6 unspecified atom stereocenters. The van der Waals surface area contributed by atoms with E-state index in [-0.39, 0.29) is 5.25 Å². The molecular formula is C7H7NO4S2. The van der Waals surface area contributed by atoms with Crippen molar-refractivity contribution in [1.82, 2.24) is 0 Å². The Bertz CT molecular complexity index is 427. The van der Waals surface area contributed by atoms with Gasteiger partial charge in [-0.05, 0) is 0 Å². The first-order valence-corrected chi connectivity index (χ1v) is 6.20. The van der Waals surface area contributed by atoms with Gasteiger partial charge in [-0.3, -0.25) is 4.18 Å². The maximum absolute atomic E-state index is 11.5. The quantitative estimate of drug-likeness (QED) is 0.442. The van der Waals surface area contributed by atoms with Gasteiger partial charge in [-0.25, -0.2) is 0 Å². The lowest BCUT2D eigenvalue weighted by Gasteiger charge is -2.19. The maximum atomic E-state index is 11.5. The average Bonchev–Trinajstić information content (AvgIpc) is 2.67. The van der Waals surface area contributed by atoms with Crippen LogP contribution >= 0.6 is 12.6 Å². The second-order valence-corrected chi connectivity index (χ2v) is 6.05. The highest BCUT2D eigenvalue weighted by Crippen LogP contribution is 2.51. The molecule has 0 saturated carbocycles. The monoisotopic (exact) mass is 233 g/mol. The van der Waals surface area contributed by atoms with Gasteiger partial charge < -0.3 is 4.74 Å². The molecule has 0 aromatic rings. The third kappa shape index (κ3) is 0.810. The molecule has 6 atom stereocenters. The molecule has 76 valence electrons. The van der Waals surface area contributed by atoms with Crippen LogP contribution in [0.1, 0.15) is 0 Å². The number of thiol groups is 1. The summed E-state index contributed by atoms with van der Waals surface area (Å²) in [5.74, 6) is -0.633. The topological polar surface area (TPSA) is 76.4 Å². The number of fused-ring (bicyclic) bond motifs is 1. The van der Waals surface area contributed by atoms with E-state index in [0.717, 1.165) is 0 Å². The number of hydrogen-bond donors (Lipinski definition) is 1. The van der Waals surface area contributed by atoms with E-state index in [0.29, 0.717) is 0 Å². The van der Waals surface area contributed by atoms with Crippen LogP contribution in [0.5, 0.6) is 0 Å². The molecule has 3 saturated heterocycles. The van der Waals surface area contributed by atoms with Gasteiger partial charge in [0, 0.05) is 0 Å². The molecular weight excluding hydrogens is 226 g/mol. The molecule has 2 bridgehead atoms. The van der Waals surface area contributed by atoms with Gasteiger partial charge in [-0.15, -0.1) is 0 Å². The molecule has 0 spiro atoms. The second kappa shape index (κ2) is 2.44. The van der Waals surface area contributed by atoms with Crippen molar-refractivity contribution in [2.45, 2.75) is 28.8 Å². The van der Waals surface area contributed by atoms with E-state index >= 15 is 0 Å². The van der Waals surface area contributed by atoms with Crippen molar-refractivity contribution >= 4 is 22.7 Å². The minimum atomic E-state index is -3.62. The van der Waals surface area contributed by atoms with Crippen LogP contribution in [0.4, 0.5) is 0 Å². The van der Waals surface area contributed by atoms with Gasteiger partial charge in [0.1, 0.15) is 17.5 Å². The van der Waals surface area contributed by atoms with E-state index < -0.39 is 39.6 Å². The molecule has 3 heterocycles. The molecule has 5 nitrogen and oxygen atoms in total. The van der Waals surface area contributed by atoms with Crippen LogP contribution in [0.25, 0.3) is 0 Å². The van der Waals surface area contributed by atoms with Crippen LogP contribution < -0.4 is 0 Å². The zero-order chi connectivity index (χ0) is 10.1. The van der Waals surface area contributed by atoms with Crippen molar-refractivity contribution in [3.8, 4) is 6.07 Å². The Kier molecular flexibility index (Phi) is 1.57. The predicted octanol–water partition coefficient (Wildman–Crippen LogP) is -0.697.